The minimum absolute atomic E-state index is 0.759. The molecule has 0 spiro atoms. The molecule has 21 heavy (non-hydrogen) atoms. The molecule has 0 saturated heterocycles. The lowest BCUT2D eigenvalue weighted by atomic mass is 10.1. The van der Waals surface area contributed by atoms with Crippen LogP contribution in [-0.2, 0) is 6.54 Å². The van der Waals surface area contributed by atoms with Crippen LogP contribution in [0.2, 0.25) is 0 Å². The minimum atomic E-state index is 0.759. The molecule has 1 aromatic carbocycles. The van der Waals surface area contributed by atoms with E-state index >= 15 is 0 Å². The summed E-state index contributed by atoms with van der Waals surface area (Å²) >= 11 is 1.76. The summed E-state index contributed by atoms with van der Waals surface area (Å²) in [5, 5.41) is 7.13. The molecule has 0 bridgehead atoms. The van der Waals surface area contributed by atoms with Crippen LogP contribution < -0.4 is 5.32 Å². The predicted molar refractivity (Wildman–Crippen MR) is 88.4 cm³/mol. The molecule has 3 heteroatoms. The normalized spacial score (nSPS) is 18.4. The van der Waals surface area contributed by atoms with E-state index in [4.69, 9.17) is 4.98 Å². The standard InChI is InChI=1S/C18H22N2S/c1-12-2-4-15(5-3-12)18-20-16(11-21-18)10-19-17(13-6-7-13)14-8-9-14/h2-5,11,13-14,17,19H,6-10H2,1H3. The van der Waals surface area contributed by atoms with Gasteiger partial charge in [-0.15, -0.1) is 11.3 Å². The lowest BCUT2D eigenvalue weighted by molar-refractivity contribution is 0.414. The highest BCUT2D eigenvalue weighted by Crippen LogP contribution is 2.44. The molecule has 2 aromatic rings. The molecule has 2 nitrogen and oxygen atoms in total. The van der Waals surface area contributed by atoms with Crippen LogP contribution in [-0.4, -0.2) is 11.0 Å². The molecule has 2 saturated carbocycles. The number of hydrogen-bond acceptors (Lipinski definition) is 3. The Kier molecular flexibility index (Phi) is 3.56. The number of thiazole rings is 1. The van der Waals surface area contributed by atoms with Gasteiger partial charge < -0.3 is 5.32 Å². The highest BCUT2D eigenvalue weighted by atomic mass is 32.1. The summed E-state index contributed by atoms with van der Waals surface area (Å²) in [6.45, 7) is 3.05. The predicted octanol–water partition coefficient (Wildman–Crippen LogP) is 4.40. The van der Waals surface area contributed by atoms with Crippen molar-refractivity contribution in [2.75, 3.05) is 0 Å². The maximum Gasteiger partial charge on any atom is 0.123 e. The fraction of sp³-hybridized carbons (Fsp3) is 0.500. The number of hydrogen-bond donors (Lipinski definition) is 1. The van der Waals surface area contributed by atoms with Crippen molar-refractivity contribution in [2.24, 2.45) is 11.8 Å². The van der Waals surface area contributed by atoms with E-state index in [0.717, 1.165) is 29.4 Å². The third-order valence-corrected chi connectivity index (χ3v) is 5.57. The number of nitrogens with zero attached hydrogens (tertiary/aromatic N) is 1. The average Bonchev–Trinajstić information content (AvgIpc) is 3.41. The third kappa shape index (κ3) is 3.19. The van der Waals surface area contributed by atoms with E-state index in [2.05, 4.69) is 41.9 Å². The highest BCUT2D eigenvalue weighted by molar-refractivity contribution is 7.13. The molecule has 1 N–H and O–H groups in total. The Labute approximate surface area is 130 Å². The first-order valence-electron chi connectivity index (χ1n) is 8.04. The monoisotopic (exact) mass is 298 g/mol. The van der Waals surface area contributed by atoms with Crippen molar-refractivity contribution in [1.29, 1.82) is 0 Å². The fourth-order valence-corrected chi connectivity index (χ4v) is 3.89. The van der Waals surface area contributed by atoms with E-state index in [1.54, 1.807) is 11.3 Å². The van der Waals surface area contributed by atoms with E-state index < -0.39 is 0 Å². The number of aryl methyl sites for hydroxylation is 1. The Morgan fingerprint density at radius 1 is 1.14 bits per heavy atom. The molecule has 4 rings (SSSR count). The Hall–Kier alpha value is -1.19. The van der Waals surface area contributed by atoms with E-state index in [9.17, 15) is 0 Å². The molecule has 1 heterocycles. The molecular weight excluding hydrogens is 276 g/mol. The van der Waals surface area contributed by atoms with Crippen LogP contribution >= 0.6 is 11.3 Å². The second-order valence-electron chi connectivity index (χ2n) is 6.59. The van der Waals surface area contributed by atoms with Crippen LogP contribution in [0.3, 0.4) is 0 Å². The van der Waals surface area contributed by atoms with Gasteiger partial charge in [-0.1, -0.05) is 29.8 Å². The van der Waals surface area contributed by atoms with Crippen LogP contribution in [0.5, 0.6) is 0 Å². The Balaban J connectivity index is 1.41. The number of benzene rings is 1. The SMILES string of the molecule is Cc1ccc(-c2nc(CNC(C3CC3)C3CC3)cs2)cc1. The van der Waals surface area contributed by atoms with E-state index in [1.807, 2.05) is 0 Å². The lowest BCUT2D eigenvalue weighted by Crippen LogP contribution is -2.32. The topological polar surface area (TPSA) is 24.9 Å². The van der Waals surface area contributed by atoms with Crippen molar-refractivity contribution in [2.45, 2.75) is 45.2 Å². The van der Waals surface area contributed by atoms with E-state index in [-0.39, 0.29) is 0 Å². The van der Waals surface area contributed by atoms with Crippen LogP contribution in [0.15, 0.2) is 29.6 Å². The first kappa shape index (κ1) is 13.5. The van der Waals surface area contributed by atoms with Crippen molar-refractivity contribution in [3.8, 4) is 10.6 Å². The van der Waals surface area contributed by atoms with Gasteiger partial charge in [0, 0.05) is 23.5 Å². The van der Waals surface area contributed by atoms with Crippen molar-refractivity contribution in [3.63, 3.8) is 0 Å². The fourth-order valence-electron chi connectivity index (χ4n) is 3.07. The van der Waals surface area contributed by atoms with Crippen LogP contribution in [0.4, 0.5) is 0 Å². The zero-order chi connectivity index (χ0) is 14.2. The Bertz CT molecular complexity index is 596. The summed E-state index contributed by atoms with van der Waals surface area (Å²) in [6, 6.07) is 9.41. The van der Waals surface area contributed by atoms with Crippen LogP contribution in [0.25, 0.3) is 10.6 Å². The Morgan fingerprint density at radius 3 is 2.43 bits per heavy atom. The summed E-state index contributed by atoms with van der Waals surface area (Å²) < 4.78 is 0. The number of nitrogens with one attached hydrogen (secondary N) is 1. The zero-order valence-corrected chi connectivity index (χ0v) is 13.3. The van der Waals surface area contributed by atoms with Gasteiger partial charge in [-0.05, 0) is 44.4 Å². The molecule has 110 valence electrons. The summed E-state index contributed by atoms with van der Waals surface area (Å²) in [5.41, 5.74) is 3.73. The maximum atomic E-state index is 4.80. The number of aromatic nitrogens is 1. The maximum absolute atomic E-state index is 4.80. The molecule has 0 aliphatic heterocycles. The summed E-state index contributed by atoms with van der Waals surface area (Å²) in [5.74, 6) is 1.90. The van der Waals surface area contributed by atoms with Gasteiger partial charge >= 0.3 is 0 Å². The molecule has 2 aliphatic carbocycles. The molecule has 1 aromatic heterocycles. The van der Waals surface area contributed by atoms with Gasteiger partial charge in [0.15, 0.2) is 0 Å². The lowest BCUT2D eigenvalue weighted by Gasteiger charge is -2.16. The van der Waals surface area contributed by atoms with Crippen LogP contribution in [0.1, 0.15) is 36.9 Å². The van der Waals surface area contributed by atoms with Crippen molar-refractivity contribution in [3.05, 3.63) is 40.9 Å². The second kappa shape index (κ2) is 5.54. The van der Waals surface area contributed by atoms with Crippen molar-refractivity contribution < 1.29 is 0 Å². The first-order chi connectivity index (χ1) is 10.3. The average molecular weight is 298 g/mol. The quantitative estimate of drug-likeness (QED) is 0.855. The summed E-state index contributed by atoms with van der Waals surface area (Å²) in [6.07, 6.45) is 5.72. The Morgan fingerprint density at radius 2 is 1.81 bits per heavy atom. The molecule has 2 fully saturated rings. The van der Waals surface area contributed by atoms with E-state index in [0.29, 0.717) is 0 Å². The van der Waals surface area contributed by atoms with Gasteiger partial charge in [-0.2, -0.15) is 0 Å². The largest absolute Gasteiger partial charge is 0.308 e. The van der Waals surface area contributed by atoms with Gasteiger partial charge in [-0.25, -0.2) is 4.98 Å². The van der Waals surface area contributed by atoms with Gasteiger partial charge in [0.1, 0.15) is 5.01 Å². The first-order valence-corrected chi connectivity index (χ1v) is 8.92. The van der Waals surface area contributed by atoms with Gasteiger partial charge in [-0.3, -0.25) is 0 Å². The molecule has 2 aliphatic rings. The van der Waals surface area contributed by atoms with Crippen molar-refractivity contribution >= 4 is 11.3 Å². The minimum Gasteiger partial charge on any atom is -0.308 e. The summed E-state index contributed by atoms with van der Waals surface area (Å²) in [4.78, 5) is 4.80. The summed E-state index contributed by atoms with van der Waals surface area (Å²) in [7, 11) is 0. The smallest absolute Gasteiger partial charge is 0.123 e. The van der Waals surface area contributed by atoms with Gasteiger partial charge in [0.25, 0.3) is 0 Å². The molecular formula is C18H22N2S. The molecule has 0 radical (unpaired) electrons. The van der Waals surface area contributed by atoms with Crippen LogP contribution in [0, 0.1) is 18.8 Å². The third-order valence-electron chi connectivity index (χ3n) is 4.63. The zero-order valence-electron chi connectivity index (χ0n) is 12.5. The van der Waals surface area contributed by atoms with Gasteiger partial charge in [0.05, 0.1) is 5.69 Å². The highest BCUT2D eigenvalue weighted by Gasteiger charge is 2.40. The van der Waals surface area contributed by atoms with Gasteiger partial charge in [0.2, 0.25) is 0 Å². The van der Waals surface area contributed by atoms with E-state index in [1.165, 1.54) is 42.5 Å². The molecule has 0 atom stereocenters. The van der Waals surface area contributed by atoms with Crippen molar-refractivity contribution in [1.82, 2.24) is 10.3 Å². The number of rotatable bonds is 6. The molecule has 0 amide bonds. The second-order valence-corrected chi connectivity index (χ2v) is 7.45. The molecule has 0 unspecified atom stereocenters.